The lowest BCUT2D eigenvalue weighted by atomic mass is 10.3. The summed E-state index contributed by atoms with van der Waals surface area (Å²) in [5, 5.41) is 7.53. The molecule has 0 aromatic carbocycles. The van der Waals surface area contributed by atoms with Crippen LogP contribution in [0.1, 0.15) is 24.0 Å². The monoisotopic (exact) mass is 233 g/mol. The van der Waals surface area contributed by atoms with Crippen LogP contribution in [0.25, 0.3) is 0 Å². The number of aromatic nitrogens is 4. The molecular weight excluding hydrogens is 214 g/mol. The first-order valence-electron chi connectivity index (χ1n) is 5.90. The van der Waals surface area contributed by atoms with Gasteiger partial charge >= 0.3 is 0 Å². The molecule has 2 rings (SSSR count). The van der Waals surface area contributed by atoms with Gasteiger partial charge in [-0.25, -0.2) is 4.98 Å². The maximum atomic E-state index is 4.44. The fourth-order valence-electron chi connectivity index (χ4n) is 1.84. The average Bonchev–Trinajstić information content (AvgIpc) is 2.88. The molecule has 2 heterocycles. The third-order valence-electron chi connectivity index (χ3n) is 2.78. The van der Waals surface area contributed by atoms with Crippen LogP contribution in [0.15, 0.2) is 18.6 Å². The van der Waals surface area contributed by atoms with Gasteiger partial charge in [-0.1, -0.05) is 6.92 Å². The molecule has 0 spiro atoms. The van der Waals surface area contributed by atoms with Gasteiger partial charge in [0.05, 0.1) is 30.0 Å². The van der Waals surface area contributed by atoms with E-state index in [-0.39, 0.29) is 0 Å². The molecule has 0 bridgehead atoms. The molecule has 5 nitrogen and oxygen atoms in total. The van der Waals surface area contributed by atoms with Crippen LogP contribution in [0.5, 0.6) is 0 Å². The third kappa shape index (κ3) is 2.74. The van der Waals surface area contributed by atoms with Gasteiger partial charge in [0.25, 0.3) is 0 Å². The smallest absolute Gasteiger partial charge is 0.0953 e. The van der Waals surface area contributed by atoms with Crippen LogP contribution < -0.4 is 5.32 Å². The van der Waals surface area contributed by atoms with Crippen molar-refractivity contribution in [1.82, 2.24) is 24.6 Å². The minimum absolute atomic E-state index is 0.804. The molecule has 0 atom stereocenters. The minimum atomic E-state index is 0.804. The second-order valence-corrected chi connectivity index (χ2v) is 4.17. The molecule has 0 aliphatic heterocycles. The van der Waals surface area contributed by atoms with E-state index in [9.17, 15) is 0 Å². The predicted molar refractivity (Wildman–Crippen MR) is 66.7 cm³/mol. The highest BCUT2D eigenvalue weighted by atomic mass is 15.3. The van der Waals surface area contributed by atoms with Gasteiger partial charge in [0, 0.05) is 19.8 Å². The van der Waals surface area contributed by atoms with Crippen molar-refractivity contribution in [3.8, 4) is 0 Å². The summed E-state index contributed by atoms with van der Waals surface area (Å²) in [6, 6.07) is 2.15. The van der Waals surface area contributed by atoms with E-state index in [0.717, 1.165) is 30.9 Å². The normalized spacial score (nSPS) is 11.0. The van der Waals surface area contributed by atoms with Crippen molar-refractivity contribution >= 4 is 0 Å². The van der Waals surface area contributed by atoms with E-state index in [4.69, 9.17) is 0 Å². The Bertz CT molecular complexity index is 483. The van der Waals surface area contributed by atoms with Gasteiger partial charge in [0.2, 0.25) is 0 Å². The van der Waals surface area contributed by atoms with Gasteiger partial charge in [-0.2, -0.15) is 5.10 Å². The Kier molecular flexibility index (Phi) is 3.58. The number of nitrogens with one attached hydrogen (secondary N) is 1. The molecule has 0 aliphatic rings. The Morgan fingerprint density at radius 1 is 1.35 bits per heavy atom. The fourth-order valence-corrected chi connectivity index (χ4v) is 1.84. The van der Waals surface area contributed by atoms with Gasteiger partial charge in [-0.3, -0.25) is 4.68 Å². The largest absolute Gasteiger partial charge is 0.331 e. The maximum absolute atomic E-state index is 4.44. The second kappa shape index (κ2) is 5.14. The molecule has 1 N–H and O–H groups in total. The van der Waals surface area contributed by atoms with Gasteiger partial charge < -0.3 is 9.88 Å². The summed E-state index contributed by atoms with van der Waals surface area (Å²) >= 11 is 0. The maximum Gasteiger partial charge on any atom is 0.0953 e. The highest BCUT2D eigenvalue weighted by Gasteiger charge is 2.05. The summed E-state index contributed by atoms with van der Waals surface area (Å²) < 4.78 is 4.03. The minimum Gasteiger partial charge on any atom is -0.331 e. The standard InChI is InChI=1S/C12H19N5/c1-4-10-5-12(16(3)15-10)8-17-7-11(6-13-2)14-9-17/h5,7,9,13H,4,6,8H2,1-3H3. The van der Waals surface area contributed by atoms with E-state index >= 15 is 0 Å². The van der Waals surface area contributed by atoms with Crippen LogP contribution in [-0.4, -0.2) is 26.4 Å². The summed E-state index contributed by atoms with van der Waals surface area (Å²) in [4.78, 5) is 4.33. The second-order valence-electron chi connectivity index (χ2n) is 4.17. The van der Waals surface area contributed by atoms with Gasteiger partial charge in [-0.05, 0) is 19.5 Å². The summed E-state index contributed by atoms with van der Waals surface area (Å²) in [6.45, 7) is 3.74. The Balaban J connectivity index is 2.10. The topological polar surface area (TPSA) is 47.7 Å². The Morgan fingerprint density at radius 2 is 2.18 bits per heavy atom. The quantitative estimate of drug-likeness (QED) is 0.836. The number of nitrogens with zero attached hydrogens (tertiary/aromatic N) is 4. The first-order valence-corrected chi connectivity index (χ1v) is 5.90. The summed E-state index contributed by atoms with van der Waals surface area (Å²) in [6.07, 6.45) is 4.91. The lowest BCUT2D eigenvalue weighted by molar-refractivity contribution is 0.659. The zero-order valence-corrected chi connectivity index (χ0v) is 10.6. The number of imidazole rings is 1. The van der Waals surface area contributed by atoms with Crippen LogP contribution in [0.2, 0.25) is 0 Å². The van der Waals surface area contributed by atoms with Gasteiger partial charge in [-0.15, -0.1) is 0 Å². The molecule has 0 amide bonds. The number of rotatable bonds is 5. The molecule has 0 aliphatic carbocycles. The summed E-state index contributed by atoms with van der Waals surface area (Å²) in [5.74, 6) is 0. The molecule has 5 heteroatoms. The van der Waals surface area contributed by atoms with Crippen molar-refractivity contribution in [3.63, 3.8) is 0 Å². The third-order valence-corrected chi connectivity index (χ3v) is 2.78. The molecule has 0 saturated heterocycles. The van der Waals surface area contributed by atoms with Crippen LogP contribution >= 0.6 is 0 Å². The highest BCUT2D eigenvalue weighted by Crippen LogP contribution is 2.07. The van der Waals surface area contributed by atoms with E-state index in [1.54, 1.807) is 0 Å². The van der Waals surface area contributed by atoms with Crippen LogP contribution in [-0.2, 0) is 26.6 Å². The van der Waals surface area contributed by atoms with Crippen molar-refractivity contribution in [2.45, 2.75) is 26.4 Å². The van der Waals surface area contributed by atoms with Gasteiger partial charge in [0.1, 0.15) is 0 Å². The molecule has 0 unspecified atom stereocenters. The molecule has 17 heavy (non-hydrogen) atoms. The first-order chi connectivity index (χ1) is 8.22. The zero-order valence-electron chi connectivity index (χ0n) is 10.6. The van der Waals surface area contributed by atoms with E-state index in [1.807, 2.05) is 25.1 Å². The lowest BCUT2D eigenvalue weighted by Crippen LogP contribution is -2.06. The van der Waals surface area contributed by atoms with Crippen molar-refractivity contribution in [3.05, 3.63) is 35.7 Å². The van der Waals surface area contributed by atoms with Crippen molar-refractivity contribution < 1.29 is 0 Å². The van der Waals surface area contributed by atoms with Crippen molar-refractivity contribution in [1.29, 1.82) is 0 Å². The Labute approximate surface area is 101 Å². The van der Waals surface area contributed by atoms with Crippen LogP contribution in [0, 0.1) is 0 Å². The first kappa shape index (κ1) is 11.9. The van der Waals surface area contributed by atoms with E-state index in [1.165, 1.54) is 5.69 Å². The van der Waals surface area contributed by atoms with E-state index in [2.05, 4.69) is 39.2 Å². The number of hydrogen-bond donors (Lipinski definition) is 1. The SMILES string of the molecule is CCc1cc(Cn2cnc(CNC)c2)n(C)n1. The molecule has 0 fully saturated rings. The predicted octanol–water partition coefficient (Wildman–Crippen LogP) is 0.947. The van der Waals surface area contributed by atoms with Crippen molar-refractivity contribution in [2.75, 3.05) is 7.05 Å². The molecule has 92 valence electrons. The Hall–Kier alpha value is -1.62. The molecule has 2 aromatic rings. The zero-order chi connectivity index (χ0) is 12.3. The van der Waals surface area contributed by atoms with E-state index in [0.29, 0.717) is 0 Å². The lowest BCUT2D eigenvalue weighted by Gasteiger charge is -2.01. The summed E-state index contributed by atoms with van der Waals surface area (Å²) in [5.41, 5.74) is 3.40. The highest BCUT2D eigenvalue weighted by molar-refractivity contribution is 5.11. The van der Waals surface area contributed by atoms with Crippen LogP contribution in [0.4, 0.5) is 0 Å². The molecule has 2 aromatic heterocycles. The Morgan fingerprint density at radius 3 is 2.82 bits per heavy atom. The van der Waals surface area contributed by atoms with Crippen LogP contribution in [0.3, 0.4) is 0 Å². The summed E-state index contributed by atoms with van der Waals surface area (Å²) in [7, 11) is 3.91. The molecular formula is C12H19N5. The van der Waals surface area contributed by atoms with E-state index < -0.39 is 0 Å². The number of aryl methyl sites for hydroxylation is 2. The number of hydrogen-bond acceptors (Lipinski definition) is 3. The van der Waals surface area contributed by atoms with Gasteiger partial charge in [0.15, 0.2) is 0 Å². The average molecular weight is 233 g/mol. The molecule has 0 radical (unpaired) electrons. The van der Waals surface area contributed by atoms with Crippen molar-refractivity contribution in [2.24, 2.45) is 7.05 Å². The molecule has 0 saturated carbocycles. The fraction of sp³-hybridized carbons (Fsp3) is 0.500.